The molecule has 0 atom stereocenters. The van der Waals surface area contributed by atoms with Gasteiger partial charge < -0.3 is 0 Å². The molecule has 0 spiro atoms. The minimum absolute atomic E-state index is 0.0565. The summed E-state index contributed by atoms with van der Waals surface area (Å²) in [6.07, 6.45) is 0. The third-order valence-corrected chi connectivity index (χ3v) is 6.38. The van der Waals surface area contributed by atoms with Gasteiger partial charge in [-0.25, -0.2) is 4.98 Å². The highest BCUT2D eigenvalue weighted by Gasteiger charge is 2.16. The van der Waals surface area contributed by atoms with E-state index in [4.69, 9.17) is 16.6 Å². The molecular weight excluding hydrogens is 348 g/mol. The number of halogens is 1. The van der Waals surface area contributed by atoms with Crippen LogP contribution >= 0.6 is 34.7 Å². The van der Waals surface area contributed by atoms with Crippen LogP contribution < -0.4 is 5.56 Å². The van der Waals surface area contributed by atoms with E-state index < -0.39 is 0 Å². The van der Waals surface area contributed by atoms with Gasteiger partial charge in [0.05, 0.1) is 5.39 Å². The fourth-order valence-corrected chi connectivity index (χ4v) is 4.87. The molecule has 2 aromatic heterocycles. The Morgan fingerprint density at radius 2 is 2.04 bits per heavy atom. The van der Waals surface area contributed by atoms with Crippen LogP contribution in [-0.4, -0.2) is 9.55 Å². The van der Waals surface area contributed by atoms with Gasteiger partial charge in [-0.3, -0.25) is 9.36 Å². The molecule has 0 unspecified atom stereocenters. The van der Waals surface area contributed by atoms with E-state index in [1.165, 1.54) is 0 Å². The molecule has 2 heterocycles. The van der Waals surface area contributed by atoms with Crippen molar-refractivity contribution in [3.63, 3.8) is 0 Å². The number of aryl methyl sites for hydroxylation is 2. The van der Waals surface area contributed by atoms with Gasteiger partial charge in [-0.05, 0) is 38.0 Å². The van der Waals surface area contributed by atoms with Crippen molar-refractivity contribution in [1.82, 2.24) is 9.55 Å². The predicted molar refractivity (Wildman–Crippen MR) is 100 cm³/mol. The van der Waals surface area contributed by atoms with Crippen LogP contribution in [0.3, 0.4) is 0 Å². The van der Waals surface area contributed by atoms with Crippen LogP contribution in [0.25, 0.3) is 10.2 Å². The Labute approximate surface area is 148 Å². The third kappa shape index (κ3) is 3.05. The van der Waals surface area contributed by atoms with E-state index in [0.717, 1.165) is 36.4 Å². The standard InChI is InChI=1S/C17H17ClN2OS2/c1-4-20-16(21)14-10(2)11(3)23-15(14)19-17(20)22-9-12-7-5-6-8-13(12)18/h5-8H,4,9H2,1-3H3. The number of thioether (sulfide) groups is 1. The lowest BCUT2D eigenvalue weighted by Gasteiger charge is -2.10. The first kappa shape index (κ1) is 16.6. The second kappa shape index (κ2) is 6.67. The molecule has 6 heteroatoms. The monoisotopic (exact) mass is 364 g/mol. The highest BCUT2D eigenvalue weighted by molar-refractivity contribution is 7.98. The lowest BCUT2D eigenvalue weighted by molar-refractivity contribution is 0.635. The first-order valence-corrected chi connectivity index (χ1v) is 9.57. The zero-order valence-electron chi connectivity index (χ0n) is 13.2. The summed E-state index contributed by atoms with van der Waals surface area (Å²) in [5.41, 5.74) is 2.16. The Morgan fingerprint density at radius 3 is 2.74 bits per heavy atom. The Bertz CT molecular complexity index is 930. The highest BCUT2D eigenvalue weighted by atomic mass is 35.5. The normalized spacial score (nSPS) is 11.3. The van der Waals surface area contributed by atoms with Crippen molar-refractivity contribution < 1.29 is 0 Å². The maximum absolute atomic E-state index is 12.8. The summed E-state index contributed by atoms with van der Waals surface area (Å²) in [5, 5.41) is 2.26. The number of hydrogen-bond acceptors (Lipinski definition) is 4. The van der Waals surface area contributed by atoms with Crippen molar-refractivity contribution in [3.8, 4) is 0 Å². The summed E-state index contributed by atoms with van der Waals surface area (Å²) < 4.78 is 1.75. The summed E-state index contributed by atoms with van der Waals surface area (Å²) in [4.78, 5) is 19.5. The van der Waals surface area contributed by atoms with E-state index in [0.29, 0.717) is 12.3 Å². The number of aromatic nitrogens is 2. The lowest BCUT2D eigenvalue weighted by Crippen LogP contribution is -2.22. The fraction of sp³-hybridized carbons (Fsp3) is 0.294. The number of benzene rings is 1. The van der Waals surface area contributed by atoms with Crippen molar-refractivity contribution in [2.24, 2.45) is 0 Å². The second-order valence-electron chi connectivity index (χ2n) is 5.29. The Balaban J connectivity index is 2.04. The van der Waals surface area contributed by atoms with Gasteiger partial charge in [0.25, 0.3) is 5.56 Å². The fourth-order valence-electron chi connectivity index (χ4n) is 2.46. The Morgan fingerprint density at radius 1 is 1.30 bits per heavy atom. The van der Waals surface area contributed by atoms with Gasteiger partial charge in [0.1, 0.15) is 4.83 Å². The van der Waals surface area contributed by atoms with Crippen LogP contribution in [0.1, 0.15) is 22.9 Å². The van der Waals surface area contributed by atoms with Crippen LogP contribution in [-0.2, 0) is 12.3 Å². The smallest absolute Gasteiger partial charge is 0.263 e. The zero-order chi connectivity index (χ0) is 16.6. The molecule has 120 valence electrons. The van der Waals surface area contributed by atoms with E-state index in [9.17, 15) is 4.79 Å². The molecule has 0 aliphatic heterocycles. The molecule has 1 aromatic carbocycles. The van der Waals surface area contributed by atoms with Gasteiger partial charge in [0, 0.05) is 22.2 Å². The summed E-state index contributed by atoms with van der Waals surface area (Å²) in [6, 6.07) is 7.77. The number of thiophene rings is 1. The average molecular weight is 365 g/mol. The second-order valence-corrected chi connectivity index (χ2v) is 7.84. The molecule has 3 aromatic rings. The van der Waals surface area contributed by atoms with Crippen molar-refractivity contribution in [2.45, 2.75) is 38.2 Å². The van der Waals surface area contributed by atoms with E-state index in [1.54, 1.807) is 27.7 Å². The highest BCUT2D eigenvalue weighted by Crippen LogP contribution is 2.30. The third-order valence-electron chi connectivity index (χ3n) is 3.88. The van der Waals surface area contributed by atoms with Gasteiger partial charge in [-0.2, -0.15) is 0 Å². The molecule has 23 heavy (non-hydrogen) atoms. The molecule has 0 bridgehead atoms. The van der Waals surface area contributed by atoms with Gasteiger partial charge in [-0.1, -0.05) is 41.6 Å². The maximum atomic E-state index is 12.8. The van der Waals surface area contributed by atoms with Gasteiger partial charge in [-0.15, -0.1) is 11.3 Å². The van der Waals surface area contributed by atoms with Gasteiger partial charge >= 0.3 is 0 Å². The molecule has 0 N–H and O–H groups in total. The molecule has 0 radical (unpaired) electrons. The molecule has 0 saturated heterocycles. The van der Waals surface area contributed by atoms with Crippen molar-refractivity contribution in [1.29, 1.82) is 0 Å². The number of rotatable bonds is 4. The van der Waals surface area contributed by atoms with Crippen LogP contribution in [0.15, 0.2) is 34.2 Å². The summed E-state index contributed by atoms with van der Waals surface area (Å²) in [6.45, 7) is 6.62. The molecule has 0 amide bonds. The predicted octanol–water partition coefficient (Wildman–Crippen LogP) is 5.04. The molecule has 0 fully saturated rings. The molecule has 0 saturated carbocycles. The van der Waals surface area contributed by atoms with Crippen molar-refractivity contribution >= 4 is 44.9 Å². The molecule has 3 rings (SSSR count). The first-order valence-electron chi connectivity index (χ1n) is 7.39. The Kier molecular flexibility index (Phi) is 4.80. The van der Waals surface area contributed by atoms with Crippen molar-refractivity contribution in [3.05, 3.63) is 55.6 Å². The minimum atomic E-state index is 0.0565. The first-order chi connectivity index (χ1) is 11.0. The van der Waals surface area contributed by atoms with Crippen LogP contribution in [0, 0.1) is 13.8 Å². The van der Waals surface area contributed by atoms with E-state index in [-0.39, 0.29) is 5.56 Å². The summed E-state index contributed by atoms with van der Waals surface area (Å²) in [7, 11) is 0. The van der Waals surface area contributed by atoms with E-state index >= 15 is 0 Å². The largest absolute Gasteiger partial charge is 0.287 e. The SMILES string of the molecule is CCn1c(SCc2ccccc2Cl)nc2sc(C)c(C)c2c1=O. The number of fused-ring (bicyclic) bond motifs is 1. The Hall–Kier alpha value is -1.30. The molecular formula is C17H17ClN2OS2. The quantitative estimate of drug-likeness (QED) is 0.480. The number of hydrogen-bond donors (Lipinski definition) is 0. The molecule has 3 nitrogen and oxygen atoms in total. The molecule has 0 aliphatic carbocycles. The summed E-state index contributed by atoms with van der Waals surface area (Å²) in [5.74, 6) is 0.695. The van der Waals surface area contributed by atoms with Crippen LogP contribution in [0.5, 0.6) is 0 Å². The average Bonchev–Trinajstić information content (AvgIpc) is 2.81. The molecule has 0 aliphatic rings. The lowest BCUT2D eigenvalue weighted by atomic mass is 10.2. The van der Waals surface area contributed by atoms with E-state index in [2.05, 4.69) is 0 Å². The zero-order valence-corrected chi connectivity index (χ0v) is 15.6. The maximum Gasteiger partial charge on any atom is 0.263 e. The summed E-state index contributed by atoms with van der Waals surface area (Å²) >= 11 is 9.36. The van der Waals surface area contributed by atoms with Gasteiger partial charge in [0.2, 0.25) is 0 Å². The van der Waals surface area contributed by atoms with Crippen LogP contribution in [0.4, 0.5) is 0 Å². The van der Waals surface area contributed by atoms with Gasteiger partial charge in [0.15, 0.2) is 5.16 Å². The topological polar surface area (TPSA) is 34.9 Å². The minimum Gasteiger partial charge on any atom is -0.287 e. The number of nitrogens with zero attached hydrogens (tertiary/aromatic N) is 2. The van der Waals surface area contributed by atoms with Crippen LogP contribution in [0.2, 0.25) is 5.02 Å². The van der Waals surface area contributed by atoms with Crippen molar-refractivity contribution in [2.75, 3.05) is 0 Å². The van der Waals surface area contributed by atoms with E-state index in [1.807, 2.05) is 45.0 Å².